The first-order valence-corrected chi connectivity index (χ1v) is 12.3. The van der Waals surface area contributed by atoms with Crippen LogP contribution in [0.5, 0.6) is 0 Å². The van der Waals surface area contributed by atoms with E-state index in [-0.39, 0.29) is 12.6 Å². The van der Waals surface area contributed by atoms with Crippen molar-refractivity contribution < 1.29 is 4.79 Å². The molecule has 0 aliphatic heterocycles. The number of nitrogens with one attached hydrogen (secondary N) is 2. The van der Waals surface area contributed by atoms with E-state index < -0.39 is 0 Å². The molecule has 0 fully saturated rings. The number of aryl methyl sites for hydroxylation is 2. The zero-order chi connectivity index (χ0) is 24.1. The SMILES string of the molecule is Cc1ccc(NC(=O)NCc2nnc(SCc3ccccc3C)n2-c2ccc(Cl)cc2Cl)cc1. The number of benzene rings is 3. The van der Waals surface area contributed by atoms with Gasteiger partial charge in [0.15, 0.2) is 11.0 Å². The number of amides is 2. The van der Waals surface area contributed by atoms with Crippen LogP contribution in [0.2, 0.25) is 10.0 Å². The molecular weight excluding hydrogens is 489 g/mol. The largest absolute Gasteiger partial charge is 0.331 e. The molecule has 34 heavy (non-hydrogen) atoms. The van der Waals surface area contributed by atoms with Gasteiger partial charge in [-0.2, -0.15) is 0 Å². The van der Waals surface area contributed by atoms with Crippen LogP contribution in [0.15, 0.2) is 71.9 Å². The van der Waals surface area contributed by atoms with E-state index in [9.17, 15) is 4.79 Å². The number of halogens is 2. The van der Waals surface area contributed by atoms with Crippen LogP contribution in [0.25, 0.3) is 5.69 Å². The number of hydrogen-bond donors (Lipinski definition) is 2. The van der Waals surface area contributed by atoms with Crippen molar-refractivity contribution in [2.24, 2.45) is 0 Å². The minimum absolute atomic E-state index is 0.161. The third-order valence-electron chi connectivity index (χ3n) is 5.19. The molecule has 3 aromatic carbocycles. The zero-order valence-electron chi connectivity index (χ0n) is 18.7. The monoisotopic (exact) mass is 511 g/mol. The van der Waals surface area contributed by atoms with E-state index in [0.717, 1.165) is 11.3 Å². The summed E-state index contributed by atoms with van der Waals surface area (Å²) in [5.74, 6) is 1.27. The Labute approximate surface area is 212 Å². The summed E-state index contributed by atoms with van der Waals surface area (Å²) in [5, 5.41) is 16.1. The highest BCUT2D eigenvalue weighted by Crippen LogP contribution is 2.31. The molecule has 1 heterocycles. The molecule has 0 unspecified atom stereocenters. The molecule has 0 atom stereocenters. The van der Waals surface area contributed by atoms with Crippen molar-refractivity contribution in [3.63, 3.8) is 0 Å². The van der Waals surface area contributed by atoms with Gasteiger partial charge in [0.05, 0.1) is 17.3 Å². The van der Waals surface area contributed by atoms with Crippen LogP contribution >= 0.6 is 35.0 Å². The van der Waals surface area contributed by atoms with Gasteiger partial charge in [-0.25, -0.2) is 4.79 Å². The highest BCUT2D eigenvalue weighted by atomic mass is 35.5. The third kappa shape index (κ3) is 5.91. The molecule has 0 spiro atoms. The molecule has 0 saturated heterocycles. The van der Waals surface area contributed by atoms with Crippen molar-refractivity contribution >= 4 is 46.7 Å². The van der Waals surface area contributed by atoms with Gasteiger partial charge in [0, 0.05) is 16.5 Å². The number of anilines is 1. The lowest BCUT2D eigenvalue weighted by Gasteiger charge is -2.13. The average Bonchev–Trinajstić information content (AvgIpc) is 3.21. The predicted octanol–water partition coefficient (Wildman–Crippen LogP) is 6.80. The molecule has 9 heteroatoms. The quantitative estimate of drug-likeness (QED) is 0.267. The van der Waals surface area contributed by atoms with Crippen LogP contribution in [0, 0.1) is 13.8 Å². The second kappa shape index (κ2) is 11.0. The van der Waals surface area contributed by atoms with Crippen LogP contribution in [0.3, 0.4) is 0 Å². The molecule has 2 N–H and O–H groups in total. The molecule has 0 saturated carbocycles. The highest BCUT2D eigenvalue weighted by Gasteiger charge is 2.18. The number of hydrogen-bond acceptors (Lipinski definition) is 4. The van der Waals surface area contributed by atoms with E-state index in [1.165, 1.54) is 11.1 Å². The molecule has 0 aliphatic carbocycles. The van der Waals surface area contributed by atoms with E-state index >= 15 is 0 Å². The van der Waals surface area contributed by atoms with Crippen LogP contribution in [-0.2, 0) is 12.3 Å². The van der Waals surface area contributed by atoms with Gasteiger partial charge in [-0.1, -0.05) is 76.9 Å². The summed E-state index contributed by atoms with van der Waals surface area (Å²) in [6, 6.07) is 20.7. The zero-order valence-corrected chi connectivity index (χ0v) is 21.0. The molecule has 174 valence electrons. The maximum absolute atomic E-state index is 12.5. The van der Waals surface area contributed by atoms with Crippen LogP contribution in [0.1, 0.15) is 22.5 Å². The summed E-state index contributed by atoms with van der Waals surface area (Å²) < 4.78 is 1.85. The second-order valence-corrected chi connectivity index (χ2v) is 9.50. The van der Waals surface area contributed by atoms with Gasteiger partial charge in [-0.05, 0) is 55.3 Å². The minimum atomic E-state index is -0.338. The van der Waals surface area contributed by atoms with Crippen molar-refractivity contribution in [3.05, 3.63) is 99.3 Å². The van der Waals surface area contributed by atoms with E-state index in [4.69, 9.17) is 23.2 Å². The molecule has 0 radical (unpaired) electrons. The Morgan fingerprint density at radius 1 is 1.00 bits per heavy atom. The molecule has 4 aromatic rings. The van der Waals surface area contributed by atoms with Crippen LogP contribution in [0.4, 0.5) is 10.5 Å². The van der Waals surface area contributed by atoms with Crippen LogP contribution in [-0.4, -0.2) is 20.8 Å². The third-order valence-corrected chi connectivity index (χ3v) is 6.70. The predicted molar refractivity (Wildman–Crippen MR) is 139 cm³/mol. The van der Waals surface area contributed by atoms with Crippen molar-refractivity contribution in [2.45, 2.75) is 31.3 Å². The lowest BCUT2D eigenvalue weighted by atomic mass is 10.1. The number of carbonyl (C=O) groups excluding carboxylic acids is 1. The lowest BCUT2D eigenvalue weighted by Crippen LogP contribution is -2.29. The molecular formula is C25H23Cl2N5OS. The van der Waals surface area contributed by atoms with Gasteiger partial charge in [-0.15, -0.1) is 10.2 Å². The summed E-state index contributed by atoms with van der Waals surface area (Å²) in [4.78, 5) is 12.5. The Morgan fingerprint density at radius 2 is 1.76 bits per heavy atom. The Morgan fingerprint density at radius 3 is 2.50 bits per heavy atom. The number of aromatic nitrogens is 3. The molecule has 4 rings (SSSR count). The maximum Gasteiger partial charge on any atom is 0.319 e. The lowest BCUT2D eigenvalue weighted by molar-refractivity contribution is 0.251. The average molecular weight is 512 g/mol. The molecule has 1 aromatic heterocycles. The van der Waals surface area contributed by atoms with Crippen molar-refractivity contribution in [3.8, 4) is 5.69 Å². The van der Waals surface area contributed by atoms with E-state index in [1.54, 1.807) is 23.9 Å². The van der Waals surface area contributed by atoms with Gasteiger partial charge < -0.3 is 10.6 Å². The Balaban J connectivity index is 1.55. The summed E-state index contributed by atoms with van der Waals surface area (Å²) in [6.07, 6.45) is 0. The fourth-order valence-electron chi connectivity index (χ4n) is 3.30. The van der Waals surface area contributed by atoms with Gasteiger partial charge in [0.1, 0.15) is 0 Å². The topological polar surface area (TPSA) is 71.8 Å². The smallest absolute Gasteiger partial charge is 0.319 e. The summed E-state index contributed by atoms with van der Waals surface area (Å²) in [6.45, 7) is 4.24. The number of nitrogens with zero attached hydrogens (tertiary/aromatic N) is 3. The fourth-order valence-corrected chi connectivity index (χ4v) is 4.83. The molecule has 6 nitrogen and oxygen atoms in total. The fraction of sp³-hybridized carbons (Fsp3) is 0.160. The van der Waals surface area contributed by atoms with E-state index in [0.29, 0.717) is 32.4 Å². The number of urea groups is 1. The maximum atomic E-state index is 12.5. The molecule has 2 amide bonds. The van der Waals surface area contributed by atoms with Gasteiger partial charge in [0.2, 0.25) is 0 Å². The summed E-state index contributed by atoms with van der Waals surface area (Å²) >= 11 is 14.2. The van der Waals surface area contributed by atoms with Gasteiger partial charge >= 0.3 is 6.03 Å². The number of rotatable bonds is 7. The number of thioether (sulfide) groups is 1. The molecule has 0 bridgehead atoms. The Kier molecular flexibility index (Phi) is 7.77. The first-order valence-electron chi connectivity index (χ1n) is 10.6. The van der Waals surface area contributed by atoms with Gasteiger partial charge in [0.25, 0.3) is 0 Å². The summed E-state index contributed by atoms with van der Waals surface area (Å²) in [7, 11) is 0. The standard InChI is InChI=1S/C25H23Cl2N5OS/c1-16-7-10-20(11-8-16)29-24(33)28-14-23-30-31-25(34-15-18-6-4-3-5-17(18)2)32(23)22-12-9-19(26)13-21(22)27/h3-13H,14-15H2,1-2H3,(H2,28,29,33). The highest BCUT2D eigenvalue weighted by molar-refractivity contribution is 7.98. The first kappa shape index (κ1) is 24.1. The molecule has 0 aliphatic rings. The van der Waals surface area contributed by atoms with Gasteiger partial charge in [-0.3, -0.25) is 4.57 Å². The summed E-state index contributed by atoms with van der Waals surface area (Å²) in [5.41, 5.74) is 4.94. The second-order valence-electron chi connectivity index (χ2n) is 7.72. The van der Waals surface area contributed by atoms with E-state index in [1.807, 2.05) is 54.0 Å². The Hall–Kier alpha value is -3.00. The minimum Gasteiger partial charge on any atom is -0.331 e. The number of carbonyl (C=O) groups is 1. The van der Waals surface area contributed by atoms with Crippen molar-refractivity contribution in [1.29, 1.82) is 0 Å². The Bertz CT molecular complexity index is 1310. The normalized spacial score (nSPS) is 10.8. The first-order chi connectivity index (χ1) is 16.4. The van der Waals surface area contributed by atoms with Crippen molar-refractivity contribution in [1.82, 2.24) is 20.1 Å². The van der Waals surface area contributed by atoms with E-state index in [2.05, 4.69) is 39.9 Å². The van der Waals surface area contributed by atoms with Crippen molar-refractivity contribution in [2.75, 3.05) is 5.32 Å². The van der Waals surface area contributed by atoms with Crippen LogP contribution < -0.4 is 10.6 Å².